The molecule has 0 bridgehead atoms. The van der Waals surface area contributed by atoms with Crippen LogP contribution in [0.5, 0.6) is 0 Å². The highest BCUT2D eigenvalue weighted by molar-refractivity contribution is 5.67. The van der Waals surface area contributed by atoms with Crippen LogP contribution in [0.3, 0.4) is 0 Å². The van der Waals surface area contributed by atoms with Gasteiger partial charge in [-0.3, -0.25) is 4.79 Å². The van der Waals surface area contributed by atoms with Crippen LogP contribution < -0.4 is 5.73 Å². The second kappa shape index (κ2) is 6.00. The Kier molecular flexibility index (Phi) is 5.72. The Hall–Kier alpha value is -0.570. The minimum Gasteiger partial charge on any atom is -0.481 e. The smallest absolute Gasteiger partial charge is 0.303 e. The van der Waals surface area contributed by atoms with Gasteiger partial charge in [0, 0.05) is 12.5 Å². The molecule has 0 amide bonds. The fraction of sp³-hybridized carbons (Fsp3) is 0.889. The first-order chi connectivity index (χ1) is 5.57. The van der Waals surface area contributed by atoms with Crippen LogP contribution in [0.4, 0.5) is 0 Å². The molecule has 0 aliphatic carbocycles. The molecule has 12 heavy (non-hydrogen) atoms. The molecule has 3 heteroatoms. The number of unbranched alkanes of at least 4 members (excludes halogenated alkanes) is 1. The fourth-order valence-corrected chi connectivity index (χ4v) is 1.24. The van der Waals surface area contributed by atoms with E-state index in [0.717, 1.165) is 19.3 Å². The van der Waals surface area contributed by atoms with E-state index in [4.69, 9.17) is 10.8 Å². The molecule has 0 aromatic heterocycles. The van der Waals surface area contributed by atoms with Crippen molar-refractivity contribution in [1.82, 2.24) is 0 Å². The zero-order valence-corrected chi connectivity index (χ0v) is 7.92. The number of carbonyl (C=O) groups is 1. The summed E-state index contributed by atoms with van der Waals surface area (Å²) in [5.41, 5.74) is 5.66. The van der Waals surface area contributed by atoms with E-state index >= 15 is 0 Å². The van der Waals surface area contributed by atoms with Gasteiger partial charge in [-0.25, -0.2) is 0 Å². The van der Waals surface area contributed by atoms with E-state index in [2.05, 4.69) is 6.92 Å². The number of nitrogens with two attached hydrogens (primary N) is 1. The van der Waals surface area contributed by atoms with E-state index in [1.807, 2.05) is 6.92 Å². The van der Waals surface area contributed by atoms with Crippen molar-refractivity contribution in [2.45, 2.75) is 45.6 Å². The van der Waals surface area contributed by atoms with Gasteiger partial charge in [-0.2, -0.15) is 0 Å². The summed E-state index contributed by atoms with van der Waals surface area (Å²) in [5.74, 6) is -0.601. The number of carboxylic acids is 1. The lowest BCUT2D eigenvalue weighted by Crippen LogP contribution is -2.28. The van der Waals surface area contributed by atoms with E-state index in [1.165, 1.54) is 0 Å². The van der Waals surface area contributed by atoms with Crippen molar-refractivity contribution in [2.75, 3.05) is 0 Å². The Morgan fingerprint density at radius 1 is 1.58 bits per heavy atom. The lowest BCUT2D eigenvalue weighted by Gasteiger charge is -2.17. The Labute approximate surface area is 74.0 Å². The van der Waals surface area contributed by atoms with Crippen LogP contribution in [0.2, 0.25) is 0 Å². The van der Waals surface area contributed by atoms with Crippen molar-refractivity contribution in [3.8, 4) is 0 Å². The molecule has 0 rings (SSSR count). The summed E-state index contributed by atoms with van der Waals surface area (Å²) in [6.45, 7) is 3.97. The average molecular weight is 173 g/mol. The summed E-state index contributed by atoms with van der Waals surface area (Å²) < 4.78 is 0. The average Bonchev–Trinajstić information content (AvgIpc) is 1.96. The summed E-state index contributed by atoms with van der Waals surface area (Å²) >= 11 is 0. The van der Waals surface area contributed by atoms with Gasteiger partial charge in [0.1, 0.15) is 0 Å². The minimum absolute atomic E-state index is 0.00681. The normalized spacial score (nSPS) is 15.6. The number of carboxylic acid groups (broad SMARTS) is 1. The molecule has 0 heterocycles. The molecule has 0 saturated carbocycles. The topological polar surface area (TPSA) is 63.3 Å². The van der Waals surface area contributed by atoms with Crippen LogP contribution in [-0.4, -0.2) is 17.1 Å². The molecule has 0 spiro atoms. The van der Waals surface area contributed by atoms with E-state index in [0.29, 0.717) is 0 Å². The van der Waals surface area contributed by atoms with Gasteiger partial charge in [0.15, 0.2) is 0 Å². The molecule has 72 valence electrons. The lowest BCUT2D eigenvalue weighted by atomic mass is 9.92. The van der Waals surface area contributed by atoms with Crippen molar-refractivity contribution in [3.63, 3.8) is 0 Å². The quantitative estimate of drug-likeness (QED) is 0.641. The van der Waals surface area contributed by atoms with Gasteiger partial charge in [-0.1, -0.05) is 19.8 Å². The third kappa shape index (κ3) is 5.13. The summed E-state index contributed by atoms with van der Waals surface area (Å²) in [6, 6.07) is -0.00681. The maximum Gasteiger partial charge on any atom is 0.303 e. The molecule has 0 unspecified atom stereocenters. The first-order valence-corrected chi connectivity index (χ1v) is 4.55. The molecule has 0 aliphatic rings. The first kappa shape index (κ1) is 11.4. The molecular formula is C9H19NO2. The van der Waals surface area contributed by atoms with E-state index in [1.54, 1.807) is 0 Å². The van der Waals surface area contributed by atoms with Crippen LogP contribution in [0, 0.1) is 5.92 Å². The molecule has 0 aliphatic heterocycles. The third-order valence-electron chi connectivity index (χ3n) is 2.11. The van der Waals surface area contributed by atoms with Crippen molar-refractivity contribution >= 4 is 5.97 Å². The van der Waals surface area contributed by atoms with Gasteiger partial charge < -0.3 is 10.8 Å². The molecular weight excluding hydrogens is 154 g/mol. The van der Waals surface area contributed by atoms with Crippen molar-refractivity contribution in [2.24, 2.45) is 11.7 Å². The van der Waals surface area contributed by atoms with E-state index < -0.39 is 5.97 Å². The van der Waals surface area contributed by atoms with Crippen LogP contribution in [0.15, 0.2) is 0 Å². The second-order valence-electron chi connectivity index (χ2n) is 3.36. The lowest BCUT2D eigenvalue weighted by molar-refractivity contribution is -0.138. The molecule has 0 radical (unpaired) electrons. The Balaban J connectivity index is 3.78. The summed E-state index contributed by atoms with van der Waals surface area (Å²) in [7, 11) is 0. The predicted molar refractivity (Wildman–Crippen MR) is 48.9 cm³/mol. The molecule has 0 aromatic carbocycles. The highest BCUT2D eigenvalue weighted by Gasteiger charge is 2.16. The van der Waals surface area contributed by atoms with Gasteiger partial charge in [0.25, 0.3) is 0 Å². The Bertz CT molecular complexity index is 134. The maximum atomic E-state index is 10.4. The highest BCUT2D eigenvalue weighted by Crippen LogP contribution is 2.15. The molecule has 0 aromatic rings. The van der Waals surface area contributed by atoms with Gasteiger partial charge in [0.2, 0.25) is 0 Å². The summed E-state index contributed by atoms with van der Waals surface area (Å²) in [5, 5.41) is 8.58. The maximum absolute atomic E-state index is 10.4. The van der Waals surface area contributed by atoms with Crippen LogP contribution in [0.1, 0.15) is 39.5 Å². The van der Waals surface area contributed by atoms with E-state index in [9.17, 15) is 4.79 Å². The van der Waals surface area contributed by atoms with Crippen LogP contribution >= 0.6 is 0 Å². The van der Waals surface area contributed by atoms with Crippen LogP contribution in [0.25, 0.3) is 0 Å². The fourth-order valence-electron chi connectivity index (χ4n) is 1.24. The summed E-state index contributed by atoms with van der Waals surface area (Å²) in [4.78, 5) is 10.4. The molecule has 0 fully saturated rings. The van der Waals surface area contributed by atoms with Crippen molar-refractivity contribution in [1.29, 1.82) is 0 Å². The summed E-state index contributed by atoms with van der Waals surface area (Å²) in [6.07, 6.45) is 3.31. The number of aliphatic carboxylic acids is 1. The first-order valence-electron chi connectivity index (χ1n) is 4.55. The van der Waals surface area contributed by atoms with Crippen molar-refractivity contribution in [3.05, 3.63) is 0 Å². The van der Waals surface area contributed by atoms with Gasteiger partial charge in [0.05, 0.1) is 0 Å². The van der Waals surface area contributed by atoms with Crippen LogP contribution in [-0.2, 0) is 4.79 Å². The van der Waals surface area contributed by atoms with E-state index in [-0.39, 0.29) is 18.4 Å². The van der Waals surface area contributed by atoms with Crippen molar-refractivity contribution < 1.29 is 9.90 Å². The minimum atomic E-state index is -0.742. The predicted octanol–water partition coefficient (Wildman–Crippen LogP) is 1.61. The zero-order chi connectivity index (χ0) is 9.56. The molecule has 3 N–H and O–H groups in total. The number of hydrogen-bond acceptors (Lipinski definition) is 2. The van der Waals surface area contributed by atoms with Gasteiger partial charge in [-0.05, 0) is 19.3 Å². The standard InChI is InChI=1S/C9H19NO2/c1-3-4-5-8(7(2)10)6-9(11)12/h7-8H,3-6,10H2,1-2H3,(H,11,12)/t7-,8+/m1/s1. The van der Waals surface area contributed by atoms with Gasteiger partial charge >= 0.3 is 5.97 Å². The monoisotopic (exact) mass is 173 g/mol. The second-order valence-corrected chi connectivity index (χ2v) is 3.36. The largest absolute Gasteiger partial charge is 0.481 e. The zero-order valence-electron chi connectivity index (χ0n) is 7.92. The Morgan fingerprint density at radius 3 is 2.50 bits per heavy atom. The SMILES string of the molecule is CCCC[C@@H](CC(=O)O)[C@@H](C)N. The third-order valence-corrected chi connectivity index (χ3v) is 2.11. The highest BCUT2D eigenvalue weighted by atomic mass is 16.4. The number of rotatable bonds is 6. The Morgan fingerprint density at radius 2 is 2.17 bits per heavy atom. The molecule has 2 atom stereocenters. The molecule has 0 saturated heterocycles. The molecule has 3 nitrogen and oxygen atoms in total. The number of hydrogen-bond donors (Lipinski definition) is 2. The van der Waals surface area contributed by atoms with Gasteiger partial charge in [-0.15, -0.1) is 0 Å².